The fourth-order valence-corrected chi connectivity index (χ4v) is 2.17. The minimum Gasteiger partial charge on any atom is -0.469 e. The molecule has 0 bridgehead atoms. The largest absolute Gasteiger partial charge is 0.469 e. The van der Waals surface area contributed by atoms with Crippen LogP contribution in [-0.2, 0) is 14.3 Å². The van der Waals surface area contributed by atoms with E-state index in [0.717, 1.165) is 5.56 Å². The van der Waals surface area contributed by atoms with Crippen molar-refractivity contribution >= 4 is 5.97 Å². The number of ether oxygens (including phenoxy) is 2. The van der Waals surface area contributed by atoms with E-state index in [1.54, 1.807) is 7.11 Å². The van der Waals surface area contributed by atoms with Crippen molar-refractivity contribution in [3.05, 3.63) is 35.9 Å². The topological polar surface area (TPSA) is 35.5 Å². The molecule has 1 rings (SSSR count). The molecule has 0 fully saturated rings. The standard InChI is InChI=1S/C15H22O3/c1-15(2,3)12(14(16)18-5)13(17-4)11-9-7-6-8-10-11/h6-10,12-13H,1-5H3/t12-,13+/m1/s1. The summed E-state index contributed by atoms with van der Waals surface area (Å²) in [4.78, 5) is 12.0. The van der Waals surface area contributed by atoms with E-state index in [4.69, 9.17) is 9.47 Å². The lowest BCUT2D eigenvalue weighted by Crippen LogP contribution is -2.35. The van der Waals surface area contributed by atoms with E-state index < -0.39 is 0 Å². The molecule has 0 amide bonds. The third-order valence-electron chi connectivity index (χ3n) is 3.07. The van der Waals surface area contributed by atoms with Gasteiger partial charge in [0.15, 0.2) is 0 Å². The molecule has 2 atom stereocenters. The van der Waals surface area contributed by atoms with Crippen LogP contribution >= 0.6 is 0 Å². The molecular formula is C15H22O3. The van der Waals surface area contributed by atoms with Crippen molar-refractivity contribution in [2.45, 2.75) is 26.9 Å². The SMILES string of the molecule is COC(=O)[C@@H]([C@@H](OC)c1ccccc1)C(C)(C)C. The lowest BCUT2D eigenvalue weighted by molar-refractivity contribution is -0.156. The lowest BCUT2D eigenvalue weighted by Gasteiger charge is -2.34. The Bertz CT molecular complexity index is 378. The van der Waals surface area contributed by atoms with E-state index in [1.165, 1.54) is 7.11 Å². The van der Waals surface area contributed by atoms with Crippen LogP contribution in [0, 0.1) is 11.3 Å². The van der Waals surface area contributed by atoms with Crippen molar-refractivity contribution in [2.75, 3.05) is 14.2 Å². The first-order valence-electron chi connectivity index (χ1n) is 6.07. The molecule has 0 aliphatic rings. The molecule has 0 unspecified atom stereocenters. The second-order valence-electron chi connectivity index (χ2n) is 5.43. The summed E-state index contributed by atoms with van der Waals surface area (Å²) in [5, 5.41) is 0. The van der Waals surface area contributed by atoms with Crippen molar-refractivity contribution in [3.8, 4) is 0 Å². The minimum absolute atomic E-state index is 0.233. The zero-order valence-corrected chi connectivity index (χ0v) is 11.8. The summed E-state index contributed by atoms with van der Waals surface area (Å²) in [7, 11) is 3.04. The molecule has 1 aromatic rings. The number of hydrogen-bond donors (Lipinski definition) is 0. The predicted octanol–water partition coefficient (Wildman–Crippen LogP) is 3.21. The number of carbonyl (C=O) groups is 1. The average molecular weight is 250 g/mol. The number of rotatable bonds is 4. The summed E-state index contributed by atoms with van der Waals surface area (Å²) >= 11 is 0. The van der Waals surface area contributed by atoms with Gasteiger partial charge in [-0.15, -0.1) is 0 Å². The van der Waals surface area contributed by atoms with Gasteiger partial charge >= 0.3 is 5.97 Å². The summed E-state index contributed by atoms with van der Waals surface area (Å²) in [6, 6.07) is 9.77. The van der Waals surface area contributed by atoms with E-state index in [0.29, 0.717) is 0 Å². The number of hydrogen-bond acceptors (Lipinski definition) is 3. The van der Waals surface area contributed by atoms with Gasteiger partial charge in [0.1, 0.15) is 0 Å². The smallest absolute Gasteiger partial charge is 0.312 e. The van der Waals surface area contributed by atoms with Crippen LogP contribution in [0.3, 0.4) is 0 Å². The molecule has 0 saturated heterocycles. The molecule has 3 nitrogen and oxygen atoms in total. The highest BCUT2D eigenvalue weighted by Crippen LogP contribution is 2.39. The van der Waals surface area contributed by atoms with Crippen LogP contribution in [0.15, 0.2) is 30.3 Å². The zero-order valence-electron chi connectivity index (χ0n) is 11.8. The summed E-state index contributed by atoms with van der Waals surface area (Å²) in [6.07, 6.45) is -0.293. The van der Waals surface area contributed by atoms with Crippen molar-refractivity contribution in [1.82, 2.24) is 0 Å². The molecule has 0 spiro atoms. The van der Waals surface area contributed by atoms with Crippen LogP contribution < -0.4 is 0 Å². The summed E-state index contributed by atoms with van der Waals surface area (Å²) in [6.45, 7) is 6.05. The first-order chi connectivity index (χ1) is 8.41. The first-order valence-corrected chi connectivity index (χ1v) is 6.07. The molecule has 3 heteroatoms. The van der Waals surface area contributed by atoms with E-state index >= 15 is 0 Å². The third kappa shape index (κ3) is 3.33. The maximum absolute atomic E-state index is 12.0. The van der Waals surface area contributed by atoms with E-state index in [2.05, 4.69) is 0 Å². The van der Waals surface area contributed by atoms with E-state index in [-0.39, 0.29) is 23.4 Å². The maximum Gasteiger partial charge on any atom is 0.312 e. The summed E-state index contributed by atoms with van der Waals surface area (Å²) in [5.41, 5.74) is 0.759. The molecule has 0 saturated carbocycles. The molecule has 0 N–H and O–H groups in total. The molecule has 1 aromatic carbocycles. The van der Waals surface area contributed by atoms with Gasteiger partial charge in [-0.05, 0) is 11.0 Å². The quantitative estimate of drug-likeness (QED) is 0.770. The summed E-state index contributed by atoms with van der Waals surface area (Å²) in [5.74, 6) is -0.576. The van der Waals surface area contributed by atoms with Crippen molar-refractivity contribution in [2.24, 2.45) is 11.3 Å². The Morgan fingerprint density at radius 3 is 2.06 bits per heavy atom. The molecule has 0 aliphatic carbocycles. The second kappa shape index (κ2) is 6.01. The van der Waals surface area contributed by atoms with Gasteiger partial charge in [0, 0.05) is 7.11 Å². The van der Waals surface area contributed by atoms with Crippen LogP contribution in [0.5, 0.6) is 0 Å². The van der Waals surface area contributed by atoms with Crippen molar-refractivity contribution in [1.29, 1.82) is 0 Å². The van der Waals surface area contributed by atoms with E-state index in [1.807, 2.05) is 51.1 Å². The van der Waals surface area contributed by atoms with Gasteiger partial charge < -0.3 is 9.47 Å². The van der Waals surface area contributed by atoms with Gasteiger partial charge in [-0.25, -0.2) is 0 Å². The van der Waals surface area contributed by atoms with Gasteiger partial charge in [-0.2, -0.15) is 0 Å². The summed E-state index contributed by atoms with van der Waals surface area (Å²) < 4.78 is 10.5. The van der Waals surface area contributed by atoms with Crippen LogP contribution in [0.25, 0.3) is 0 Å². The fourth-order valence-electron chi connectivity index (χ4n) is 2.17. The Labute approximate surface area is 109 Å². The zero-order chi connectivity index (χ0) is 13.8. The first kappa shape index (κ1) is 14.7. The van der Waals surface area contributed by atoms with Gasteiger partial charge in [0.2, 0.25) is 0 Å². The van der Waals surface area contributed by atoms with Gasteiger partial charge in [0.25, 0.3) is 0 Å². The normalized spacial score (nSPS) is 14.9. The molecule has 0 aliphatic heterocycles. The molecule has 100 valence electrons. The molecular weight excluding hydrogens is 228 g/mol. The average Bonchev–Trinajstić information content (AvgIpc) is 2.34. The minimum atomic E-state index is -0.338. The number of carbonyl (C=O) groups excluding carboxylic acids is 1. The highest BCUT2D eigenvalue weighted by molar-refractivity contribution is 5.74. The van der Waals surface area contributed by atoms with Crippen molar-refractivity contribution < 1.29 is 14.3 Å². The van der Waals surface area contributed by atoms with Crippen LogP contribution in [0.4, 0.5) is 0 Å². The van der Waals surface area contributed by atoms with Gasteiger partial charge in [-0.1, -0.05) is 51.1 Å². The Morgan fingerprint density at radius 2 is 1.67 bits per heavy atom. The predicted molar refractivity (Wildman–Crippen MR) is 71.2 cm³/mol. The number of methoxy groups -OCH3 is 2. The number of benzene rings is 1. The highest BCUT2D eigenvalue weighted by Gasteiger charge is 2.39. The lowest BCUT2D eigenvalue weighted by atomic mass is 9.75. The Morgan fingerprint density at radius 1 is 1.11 bits per heavy atom. The molecule has 0 heterocycles. The monoisotopic (exact) mass is 250 g/mol. The molecule has 18 heavy (non-hydrogen) atoms. The maximum atomic E-state index is 12.0. The second-order valence-corrected chi connectivity index (χ2v) is 5.43. The van der Waals surface area contributed by atoms with Crippen LogP contribution in [0.2, 0.25) is 0 Å². The fraction of sp³-hybridized carbons (Fsp3) is 0.533. The Balaban J connectivity index is 3.14. The Hall–Kier alpha value is -1.35. The van der Waals surface area contributed by atoms with Crippen molar-refractivity contribution in [3.63, 3.8) is 0 Å². The van der Waals surface area contributed by atoms with Gasteiger partial charge in [0.05, 0.1) is 19.1 Å². The molecule has 0 aromatic heterocycles. The van der Waals surface area contributed by atoms with Crippen LogP contribution in [-0.4, -0.2) is 20.2 Å². The van der Waals surface area contributed by atoms with E-state index in [9.17, 15) is 4.79 Å². The van der Waals surface area contributed by atoms with Gasteiger partial charge in [-0.3, -0.25) is 4.79 Å². The van der Waals surface area contributed by atoms with Crippen LogP contribution in [0.1, 0.15) is 32.4 Å². The Kier molecular flexibility index (Phi) is 4.91. The number of esters is 1. The third-order valence-corrected chi connectivity index (χ3v) is 3.07. The molecule has 0 radical (unpaired) electrons. The highest BCUT2D eigenvalue weighted by atomic mass is 16.5.